The molecule has 0 radical (unpaired) electrons. The third-order valence-corrected chi connectivity index (χ3v) is 3.93. The predicted octanol–water partition coefficient (Wildman–Crippen LogP) is 2.46. The van der Waals surface area contributed by atoms with Crippen LogP contribution in [0, 0.1) is 0 Å². The molecule has 4 heteroatoms. The molecule has 3 rings (SSSR count). The number of piperidine rings is 1. The van der Waals surface area contributed by atoms with Gasteiger partial charge in [0.05, 0.1) is 11.7 Å². The third kappa shape index (κ3) is 2.20. The summed E-state index contributed by atoms with van der Waals surface area (Å²) in [4.78, 5) is 2.46. The molecule has 4 nitrogen and oxygen atoms in total. The fraction of sp³-hybridized carbons (Fsp3) is 0.500. The van der Waals surface area contributed by atoms with Crippen molar-refractivity contribution < 1.29 is 0 Å². The van der Waals surface area contributed by atoms with Crippen LogP contribution < -0.4 is 5.32 Å². The van der Waals surface area contributed by atoms with Gasteiger partial charge in [-0.05, 0) is 38.6 Å². The van der Waals surface area contributed by atoms with E-state index in [9.17, 15) is 0 Å². The zero-order valence-electron chi connectivity index (χ0n) is 10.8. The standard InChI is InChI=1S/C14H20N4/c1-18-8-3-2-5-11(18)9-15-13-6-4-7-14-12(13)10-16-17-14/h4,6-7,10-11,15H,2-3,5,8-9H2,1H3,(H,16,17). The Hall–Kier alpha value is -1.55. The number of fused-ring (bicyclic) bond motifs is 1. The van der Waals surface area contributed by atoms with Crippen LogP contribution in [-0.4, -0.2) is 41.3 Å². The lowest BCUT2D eigenvalue weighted by atomic mass is 10.0. The number of aromatic nitrogens is 2. The molecule has 0 amide bonds. The quantitative estimate of drug-likeness (QED) is 0.871. The lowest BCUT2D eigenvalue weighted by molar-refractivity contribution is 0.195. The second kappa shape index (κ2) is 4.98. The fourth-order valence-corrected chi connectivity index (χ4v) is 2.75. The van der Waals surface area contributed by atoms with Gasteiger partial charge < -0.3 is 10.2 Å². The summed E-state index contributed by atoms with van der Waals surface area (Å²) < 4.78 is 0. The first-order chi connectivity index (χ1) is 8.84. The molecule has 2 heterocycles. The van der Waals surface area contributed by atoms with Gasteiger partial charge >= 0.3 is 0 Å². The van der Waals surface area contributed by atoms with E-state index in [0.717, 1.165) is 12.1 Å². The van der Waals surface area contributed by atoms with E-state index in [-0.39, 0.29) is 0 Å². The lowest BCUT2D eigenvalue weighted by Gasteiger charge is -2.32. The van der Waals surface area contributed by atoms with Gasteiger partial charge in [0.2, 0.25) is 0 Å². The highest BCUT2D eigenvalue weighted by atomic mass is 15.2. The SMILES string of the molecule is CN1CCCCC1CNc1cccc2[nH]ncc12. The molecule has 0 saturated carbocycles. The summed E-state index contributed by atoms with van der Waals surface area (Å²) in [5.41, 5.74) is 2.28. The Bertz CT molecular complexity index is 519. The highest BCUT2D eigenvalue weighted by Gasteiger charge is 2.18. The summed E-state index contributed by atoms with van der Waals surface area (Å²) in [5.74, 6) is 0. The summed E-state index contributed by atoms with van der Waals surface area (Å²) in [6.07, 6.45) is 5.88. The number of aromatic amines is 1. The number of rotatable bonds is 3. The third-order valence-electron chi connectivity index (χ3n) is 3.93. The zero-order valence-corrected chi connectivity index (χ0v) is 10.8. The van der Waals surface area contributed by atoms with Crippen LogP contribution in [0.2, 0.25) is 0 Å². The van der Waals surface area contributed by atoms with Crippen LogP contribution in [0.4, 0.5) is 5.69 Å². The first-order valence-electron chi connectivity index (χ1n) is 6.71. The molecule has 1 aliphatic rings. The van der Waals surface area contributed by atoms with Crippen molar-refractivity contribution in [2.45, 2.75) is 25.3 Å². The van der Waals surface area contributed by atoms with Gasteiger partial charge in [-0.2, -0.15) is 5.10 Å². The first kappa shape index (κ1) is 11.5. The molecule has 1 aromatic heterocycles. The predicted molar refractivity (Wildman–Crippen MR) is 74.9 cm³/mol. The number of likely N-dealkylation sites (N-methyl/N-ethyl adjacent to an activating group) is 1. The second-order valence-electron chi connectivity index (χ2n) is 5.15. The van der Waals surface area contributed by atoms with E-state index < -0.39 is 0 Å². The number of benzene rings is 1. The van der Waals surface area contributed by atoms with Crippen molar-refractivity contribution in [3.05, 3.63) is 24.4 Å². The molecule has 2 N–H and O–H groups in total. The molecule has 96 valence electrons. The molecule has 1 atom stereocenters. The van der Waals surface area contributed by atoms with Gasteiger partial charge in [0, 0.05) is 23.7 Å². The van der Waals surface area contributed by atoms with Crippen molar-refractivity contribution in [3.63, 3.8) is 0 Å². The summed E-state index contributed by atoms with van der Waals surface area (Å²) in [6.45, 7) is 2.24. The van der Waals surface area contributed by atoms with Crippen molar-refractivity contribution in [1.29, 1.82) is 0 Å². The highest BCUT2D eigenvalue weighted by molar-refractivity contribution is 5.90. The molecule has 0 bridgehead atoms. The molecule has 1 aromatic carbocycles. The van der Waals surface area contributed by atoms with Gasteiger partial charge in [-0.25, -0.2) is 0 Å². The van der Waals surface area contributed by atoms with E-state index in [4.69, 9.17) is 0 Å². The normalized spacial score (nSPS) is 21.3. The van der Waals surface area contributed by atoms with Crippen molar-refractivity contribution in [2.24, 2.45) is 0 Å². The minimum Gasteiger partial charge on any atom is -0.383 e. The fourth-order valence-electron chi connectivity index (χ4n) is 2.75. The van der Waals surface area contributed by atoms with Gasteiger partial charge in [-0.1, -0.05) is 12.5 Å². The van der Waals surface area contributed by atoms with Crippen molar-refractivity contribution in [2.75, 3.05) is 25.5 Å². The van der Waals surface area contributed by atoms with E-state index in [0.29, 0.717) is 6.04 Å². The van der Waals surface area contributed by atoms with E-state index in [1.165, 1.54) is 36.9 Å². The van der Waals surface area contributed by atoms with Crippen LogP contribution in [0.15, 0.2) is 24.4 Å². The average Bonchev–Trinajstić information content (AvgIpc) is 2.86. The van der Waals surface area contributed by atoms with Crippen molar-refractivity contribution in [3.8, 4) is 0 Å². The molecule has 2 aromatic rings. The summed E-state index contributed by atoms with van der Waals surface area (Å²) in [6, 6.07) is 6.90. The molecule has 0 aliphatic carbocycles. The number of likely N-dealkylation sites (tertiary alicyclic amines) is 1. The maximum atomic E-state index is 4.10. The van der Waals surface area contributed by atoms with E-state index >= 15 is 0 Å². The number of nitrogens with one attached hydrogen (secondary N) is 2. The Balaban J connectivity index is 1.71. The Kier molecular flexibility index (Phi) is 3.19. The van der Waals surface area contributed by atoms with Crippen LogP contribution in [-0.2, 0) is 0 Å². The van der Waals surface area contributed by atoms with E-state index in [1.807, 2.05) is 6.20 Å². The summed E-state index contributed by atoms with van der Waals surface area (Å²) in [7, 11) is 2.23. The molecule has 1 fully saturated rings. The van der Waals surface area contributed by atoms with Gasteiger partial charge in [0.1, 0.15) is 0 Å². The van der Waals surface area contributed by atoms with Gasteiger partial charge in [0.25, 0.3) is 0 Å². The molecular weight excluding hydrogens is 224 g/mol. The van der Waals surface area contributed by atoms with Gasteiger partial charge in [0.15, 0.2) is 0 Å². The Morgan fingerprint density at radius 2 is 2.39 bits per heavy atom. The maximum Gasteiger partial charge on any atom is 0.0671 e. The molecule has 18 heavy (non-hydrogen) atoms. The van der Waals surface area contributed by atoms with Crippen LogP contribution in [0.25, 0.3) is 10.9 Å². The molecule has 1 saturated heterocycles. The topological polar surface area (TPSA) is 44.0 Å². The Labute approximate surface area is 107 Å². The molecule has 1 aliphatic heterocycles. The van der Waals surface area contributed by atoms with E-state index in [1.54, 1.807) is 0 Å². The lowest BCUT2D eigenvalue weighted by Crippen LogP contribution is -2.40. The maximum absolute atomic E-state index is 4.10. The highest BCUT2D eigenvalue weighted by Crippen LogP contribution is 2.22. The van der Waals surface area contributed by atoms with Crippen LogP contribution >= 0.6 is 0 Å². The number of hydrogen-bond acceptors (Lipinski definition) is 3. The minimum absolute atomic E-state index is 0.654. The number of hydrogen-bond donors (Lipinski definition) is 2. The van der Waals surface area contributed by atoms with E-state index in [2.05, 4.69) is 45.7 Å². The van der Waals surface area contributed by atoms with Crippen LogP contribution in [0.3, 0.4) is 0 Å². The smallest absolute Gasteiger partial charge is 0.0671 e. The van der Waals surface area contributed by atoms with Gasteiger partial charge in [-0.3, -0.25) is 5.10 Å². The summed E-state index contributed by atoms with van der Waals surface area (Å²) in [5, 5.41) is 11.9. The average molecular weight is 244 g/mol. The zero-order chi connectivity index (χ0) is 12.4. The number of nitrogens with zero attached hydrogens (tertiary/aromatic N) is 2. The summed E-state index contributed by atoms with van der Waals surface area (Å²) >= 11 is 0. The van der Waals surface area contributed by atoms with Crippen molar-refractivity contribution in [1.82, 2.24) is 15.1 Å². The first-order valence-corrected chi connectivity index (χ1v) is 6.71. The second-order valence-corrected chi connectivity index (χ2v) is 5.15. The number of H-pyrrole nitrogens is 1. The van der Waals surface area contributed by atoms with Crippen LogP contribution in [0.1, 0.15) is 19.3 Å². The molecule has 0 spiro atoms. The van der Waals surface area contributed by atoms with Crippen molar-refractivity contribution >= 4 is 16.6 Å². The number of anilines is 1. The van der Waals surface area contributed by atoms with Gasteiger partial charge in [-0.15, -0.1) is 0 Å². The Morgan fingerprint density at radius 3 is 3.28 bits per heavy atom. The van der Waals surface area contributed by atoms with Crippen LogP contribution in [0.5, 0.6) is 0 Å². The Morgan fingerprint density at radius 1 is 1.44 bits per heavy atom. The minimum atomic E-state index is 0.654. The molecule has 1 unspecified atom stereocenters. The monoisotopic (exact) mass is 244 g/mol. The largest absolute Gasteiger partial charge is 0.383 e. The molecular formula is C14H20N4.